The Bertz CT molecular complexity index is 1150. The quantitative estimate of drug-likeness (QED) is 0.264. The van der Waals surface area contributed by atoms with Crippen molar-refractivity contribution < 1.29 is 28.7 Å². The van der Waals surface area contributed by atoms with E-state index in [-0.39, 0.29) is 30.1 Å². The van der Waals surface area contributed by atoms with Gasteiger partial charge in [-0.05, 0) is 17.9 Å². The van der Waals surface area contributed by atoms with Crippen LogP contribution in [0, 0.1) is 0 Å². The number of benzene rings is 2. The fourth-order valence-electron chi connectivity index (χ4n) is 3.37. The number of aliphatic imine (C=N–C) groups is 1. The van der Waals surface area contributed by atoms with Crippen LogP contribution in [0.15, 0.2) is 76.4 Å². The summed E-state index contributed by atoms with van der Waals surface area (Å²) in [6, 6.07) is 18.4. The molecule has 1 amide bonds. The number of amides is 1. The standard InChI is InChI=1S/C24H25N5O5S/c30-21(11-16-35-23(31)20-9-5-2-6-10-20)25-22-17-29(26-34-22)28-14-12-27(13-15-28)24(32)33-18-19-7-3-1-4-8-19/h1-10,17H,11-16,18H2. The molecule has 0 radical (unpaired) electrons. The second-order valence-corrected chi connectivity index (χ2v) is 8.77. The zero-order chi connectivity index (χ0) is 24.5. The van der Waals surface area contributed by atoms with Crippen molar-refractivity contribution in [3.63, 3.8) is 0 Å². The molecular formula is C24H25N5O5S. The molecule has 1 aromatic heterocycles. The van der Waals surface area contributed by atoms with Gasteiger partial charge in [-0.2, -0.15) is 0 Å². The van der Waals surface area contributed by atoms with Crippen LogP contribution in [0.2, 0.25) is 0 Å². The molecule has 1 aliphatic heterocycles. The van der Waals surface area contributed by atoms with Gasteiger partial charge < -0.3 is 14.7 Å². The highest BCUT2D eigenvalue weighted by atomic mass is 32.2. The van der Waals surface area contributed by atoms with E-state index >= 15 is 0 Å². The molecule has 1 fully saturated rings. The Morgan fingerprint density at radius 2 is 1.74 bits per heavy atom. The van der Waals surface area contributed by atoms with Crippen LogP contribution in [0.1, 0.15) is 22.3 Å². The summed E-state index contributed by atoms with van der Waals surface area (Å²) < 4.78 is 10.5. The van der Waals surface area contributed by atoms with Gasteiger partial charge >= 0.3 is 12.0 Å². The molecule has 182 valence electrons. The Balaban J connectivity index is 1.20. The molecule has 0 spiro atoms. The van der Waals surface area contributed by atoms with Gasteiger partial charge in [0.25, 0.3) is 6.20 Å². The maximum atomic E-state index is 12.3. The van der Waals surface area contributed by atoms with Gasteiger partial charge in [0, 0.05) is 24.4 Å². The molecule has 0 bridgehead atoms. The summed E-state index contributed by atoms with van der Waals surface area (Å²) in [6.45, 7) is 2.19. The molecule has 35 heavy (non-hydrogen) atoms. The number of rotatable bonds is 8. The average molecular weight is 496 g/mol. The topological polar surface area (TPSA) is 115 Å². The Kier molecular flexibility index (Phi) is 8.34. The summed E-state index contributed by atoms with van der Waals surface area (Å²) in [7, 11) is 0. The fourth-order valence-corrected chi connectivity index (χ4v) is 4.14. The van der Waals surface area contributed by atoms with Gasteiger partial charge in [-0.25, -0.2) is 9.79 Å². The Morgan fingerprint density at radius 3 is 2.46 bits per heavy atom. The number of thioether (sulfide) groups is 1. The maximum absolute atomic E-state index is 12.3. The van der Waals surface area contributed by atoms with Crippen LogP contribution in [0.4, 0.5) is 10.7 Å². The molecule has 0 aliphatic carbocycles. The zero-order valence-corrected chi connectivity index (χ0v) is 19.8. The molecule has 0 unspecified atom stereocenters. The molecule has 0 saturated carbocycles. The van der Waals surface area contributed by atoms with Crippen LogP contribution in [0.3, 0.4) is 0 Å². The van der Waals surface area contributed by atoms with E-state index in [0.29, 0.717) is 37.5 Å². The summed E-state index contributed by atoms with van der Waals surface area (Å²) in [5.41, 5.74) is 1.53. The first kappa shape index (κ1) is 24.3. The molecule has 4 rings (SSSR count). The molecule has 2 heterocycles. The van der Waals surface area contributed by atoms with Crippen molar-refractivity contribution in [3.8, 4) is 0 Å². The van der Waals surface area contributed by atoms with E-state index in [0.717, 1.165) is 17.3 Å². The van der Waals surface area contributed by atoms with Gasteiger partial charge in [0.2, 0.25) is 10.4 Å². The minimum Gasteiger partial charge on any atom is -0.862 e. The lowest BCUT2D eigenvalue weighted by molar-refractivity contribution is -0.759. The molecule has 11 heteroatoms. The molecule has 3 aromatic rings. The predicted octanol–water partition coefficient (Wildman–Crippen LogP) is 1.91. The van der Waals surface area contributed by atoms with Crippen molar-refractivity contribution in [2.24, 2.45) is 4.99 Å². The number of ether oxygens (including phenoxy) is 1. The van der Waals surface area contributed by atoms with Crippen molar-refractivity contribution in [1.29, 1.82) is 0 Å². The van der Waals surface area contributed by atoms with E-state index in [2.05, 4.69) is 10.3 Å². The minimum atomic E-state index is -0.396. The molecular weight excluding hydrogens is 470 g/mol. The number of hydrogen-bond donors (Lipinski definition) is 0. The smallest absolute Gasteiger partial charge is 0.410 e. The van der Waals surface area contributed by atoms with Gasteiger partial charge in [-0.3, -0.25) is 9.32 Å². The molecule has 0 atom stereocenters. The lowest BCUT2D eigenvalue weighted by Crippen LogP contribution is -2.65. The second-order valence-electron chi connectivity index (χ2n) is 7.70. The van der Waals surface area contributed by atoms with Crippen LogP contribution in [-0.2, 0) is 11.3 Å². The molecule has 1 aliphatic rings. The number of aromatic nitrogens is 2. The third-order valence-corrected chi connectivity index (χ3v) is 6.15. The number of carbonyl (C=O) groups excluding carboxylic acids is 2. The van der Waals surface area contributed by atoms with Crippen molar-refractivity contribution >= 4 is 34.8 Å². The molecule has 2 aromatic carbocycles. The van der Waals surface area contributed by atoms with E-state index in [1.165, 1.54) is 11.0 Å². The number of hydrogen-bond acceptors (Lipinski definition) is 9. The molecule has 1 saturated heterocycles. The number of nitrogens with zero attached hydrogens (tertiary/aromatic N) is 5. The van der Waals surface area contributed by atoms with Crippen LogP contribution < -0.4 is 14.9 Å². The normalized spacial score (nSPS) is 14.1. The van der Waals surface area contributed by atoms with Crippen molar-refractivity contribution in [1.82, 2.24) is 10.2 Å². The van der Waals surface area contributed by atoms with Crippen LogP contribution in [-0.4, -0.2) is 59.2 Å². The monoisotopic (exact) mass is 495 g/mol. The lowest BCUT2D eigenvalue weighted by Gasteiger charge is -2.29. The van der Waals surface area contributed by atoms with Crippen molar-refractivity contribution in [2.45, 2.75) is 13.0 Å². The number of piperazine rings is 1. The van der Waals surface area contributed by atoms with E-state index in [1.807, 2.05) is 41.4 Å². The van der Waals surface area contributed by atoms with Crippen molar-refractivity contribution in [3.05, 3.63) is 78.0 Å². The summed E-state index contributed by atoms with van der Waals surface area (Å²) >= 11 is 1.08. The predicted molar refractivity (Wildman–Crippen MR) is 128 cm³/mol. The van der Waals surface area contributed by atoms with Gasteiger partial charge in [-0.15, -0.1) is 5.01 Å². The van der Waals surface area contributed by atoms with Crippen molar-refractivity contribution in [2.75, 3.05) is 36.9 Å². The highest BCUT2D eigenvalue weighted by Crippen LogP contribution is 2.14. The van der Waals surface area contributed by atoms with Gasteiger partial charge in [0.05, 0.1) is 17.9 Å². The van der Waals surface area contributed by atoms with Gasteiger partial charge in [0.15, 0.2) is 0 Å². The van der Waals surface area contributed by atoms with E-state index in [4.69, 9.17) is 9.26 Å². The first-order chi connectivity index (χ1) is 17.1. The largest absolute Gasteiger partial charge is 0.862 e. The van der Waals surface area contributed by atoms with E-state index < -0.39 is 5.90 Å². The maximum Gasteiger partial charge on any atom is 0.410 e. The summed E-state index contributed by atoms with van der Waals surface area (Å²) in [4.78, 5) is 31.4. The van der Waals surface area contributed by atoms with Gasteiger partial charge in [0.1, 0.15) is 6.61 Å². The molecule has 0 N–H and O–H groups in total. The fraction of sp³-hybridized carbons (Fsp3) is 0.292. The van der Waals surface area contributed by atoms with Crippen LogP contribution in [0.25, 0.3) is 0 Å². The summed E-state index contributed by atoms with van der Waals surface area (Å²) in [6.07, 6.45) is 1.26. The lowest BCUT2D eigenvalue weighted by atomic mass is 10.2. The Morgan fingerprint density at radius 1 is 1.06 bits per heavy atom. The van der Waals surface area contributed by atoms with E-state index in [9.17, 15) is 14.7 Å². The Hall–Kier alpha value is -3.86. The van der Waals surface area contributed by atoms with Crippen LogP contribution in [0.5, 0.6) is 0 Å². The zero-order valence-electron chi connectivity index (χ0n) is 19.0. The third-order valence-electron chi connectivity index (χ3n) is 5.25. The average Bonchev–Trinajstić information content (AvgIpc) is 3.36. The summed E-state index contributed by atoms with van der Waals surface area (Å²) in [5.74, 6) is 0.0127. The molecule has 10 nitrogen and oxygen atoms in total. The minimum absolute atomic E-state index is 0.0825. The summed E-state index contributed by atoms with van der Waals surface area (Å²) in [5, 5.41) is 17.8. The Labute approximate surface area is 206 Å². The third kappa shape index (κ3) is 7.06. The first-order valence-electron chi connectivity index (χ1n) is 11.1. The second kappa shape index (κ2) is 12.0. The van der Waals surface area contributed by atoms with Crippen LogP contribution >= 0.6 is 11.8 Å². The highest BCUT2D eigenvalue weighted by molar-refractivity contribution is 8.14. The van der Waals surface area contributed by atoms with Gasteiger partial charge in [-0.1, -0.05) is 72.4 Å². The van der Waals surface area contributed by atoms with E-state index in [1.54, 1.807) is 29.2 Å². The highest BCUT2D eigenvalue weighted by Gasteiger charge is 2.28. The SMILES string of the molecule is O=C(SCCC([O-])=Nc1c[n+](N2CCN(C(=O)OCc3ccccc3)CC2)no1)c1ccccc1. The number of carbonyl (C=O) groups is 2. The first-order valence-corrected chi connectivity index (χ1v) is 12.1.